The summed E-state index contributed by atoms with van der Waals surface area (Å²) >= 11 is 0.904. The third-order valence-electron chi connectivity index (χ3n) is 3.15. The van der Waals surface area contributed by atoms with E-state index < -0.39 is 25.3 Å². The lowest BCUT2D eigenvalue weighted by atomic mass is 10.0. The number of nitrogens with two attached hydrogens (primary N) is 1. The molecule has 0 saturated heterocycles. The fourth-order valence-corrected chi connectivity index (χ4v) is 6.38. The van der Waals surface area contributed by atoms with Crippen molar-refractivity contribution in [2.24, 2.45) is 5.14 Å². The summed E-state index contributed by atoms with van der Waals surface area (Å²) in [6.45, 7) is 4.29. The number of fused-ring (bicyclic) bond motifs is 1. The Morgan fingerprint density at radius 3 is 2.70 bits per heavy atom. The molecule has 0 radical (unpaired) electrons. The van der Waals surface area contributed by atoms with E-state index in [1.54, 1.807) is 13.0 Å². The minimum atomic E-state index is -3.91. The first-order chi connectivity index (χ1) is 9.15. The summed E-state index contributed by atoms with van der Waals surface area (Å²) in [7, 11) is -7.32. The lowest BCUT2D eigenvalue weighted by Gasteiger charge is -2.27. The molecule has 1 aromatic heterocycles. The molecule has 114 valence electrons. The maximum Gasteiger partial charge on any atom is 0.297 e. The van der Waals surface area contributed by atoms with E-state index in [4.69, 9.17) is 5.14 Å². The fourth-order valence-electron chi connectivity index (χ4n) is 2.25. The van der Waals surface area contributed by atoms with Crippen LogP contribution in [-0.2, 0) is 20.0 Å². The molecule has 0 unspecified atom stereocenters. The van der Waals surface area contributed by atoms with Crippen LogP contribution >= 0.6 is 11.3 Å². The maximum absolute atomic E-state index is 12.3. The molecule has 1 aliphatic rings. The van der Waals surface area contributed by atoms with Crippen LogP contribution in [0.2, 0.25) is 0 Å². The monoisotopic (exact) mass is 339 g/mol. The van der Waals surface area contributed by atoms with Gasteiger partial charge in [-0.3, -0.25) is 4.72 Å². The molecule has 10 heteroatoms. The van der Waals surface area contributed by atoms with Crippen LogP contribution < -0.4 is 15.2 Å². The first-order valence-corrected chi connectivity index (χ1v) is 9.97. The van der Waals surface area contributed by atoms with Crippen molar-refractivity contribution in [3.8, 4) is 0 Å². The average Bonchev–Trinajstić information content (AvgIpc) is 2.69. The van der Waals surface area contributed by atoms with Gasteiger partial charge in [-0.2, -0.15) is 8.42 Å². The van der Waals surface area contributed by atoms with Crippen molar-refractivity contribution in [1.29, 1.82) is 0 Å². The molecule has 0 aliphatic carbocycles. The van der Waals surface area contributed by atoms with E-state index in [9.17, 15) is 16.8 Å². The number of hydrogen-bond acceptors (Lipinski definition) is 6. The minimum Gasteiger partial charge on any atom is -0.310 e. The number of hydrogen-bond donors (Lipinski definition) is 3. The van der Waals surface area contributed by atoms with Crippen molar-refractivity contribution in [2.75, 3.05) is 11.3 Å². The highest BCUT2D eigenvalue weighted by atomic mass is 32.2. The van der Waals surface area contributed by atoms with Gasteiger partial charge >= 0.3 is 0 Å². The van der Waals surface area contributed by atoms with E-state index in [0.29, 0.717) is 18.5 Å². The van der Waals surface area contributed by atoms with Crippen LogP contribution in [0.4, 0.5) is 5.00 Å². The number of rotatable bonds is 4. The first kappa shape index (κ1) is 15.7. The second-order valence-electron chi connectivity index (χ2n) is 4.70. The van der Waals surface area contributed by atoms with Crippen LogP contribution in [0.1, 0.15) is 31.9 Å². The third-order valence-corrected chi connectivity index (χ3v) is 7.60. The third kappa shape index (κ3) is 2.98. The van der Waals surface area contributed by atoms with E-state index in [1.807, 2.05) is 6.92 Å². The fraction of sp³-hybridized carbons (Fsp3) is 0.600. The molecule has 2 rings (SSSR count). The Morgan fingerprint density at radius 2 is 2.15 bits per heavy atom. The van der Waals surface area contributed by atoms with Crippen molar-refractivity contribution in [2.45, 2.75) is 35.8 Å². The minimum absolute atomic E-state index is 0.0965. The van der Waals surface area contributed by atoms with Crippen molar-refractivity contribution in [1.82, 2.24) is 5.32 Å². The Balaban J connectivity index is 2.51. The number of sulfone groups is 1. The molecule has 20 heavy (non-hydrogen) atoms. The molecule has 1 aromatic rings. The van der Waals surface area contributed by atoms with Gasteiger partial charge in [0.15, 0.2) is 9.84 Å². The quantitative estimate of drug-likeness (QED) is 0.741. The highest BCUT2D eigenvalue weighted by molar-refractivity contribution is 7.94. The zero-order valence-corrected chi connectivity index (χ0v) is 13.5. The number of anilines is 1. The summed E-state index contributed by atoms with van der Waals surface area (Å²) in [6, 6.07) is 1.45. The molecule has 7 nitrogen and oxygen atoms in total. The van der Waals surface area contributed by atoms with E-state index in [1.165, 1.54) is 0 Å². The molecule has 1 aliphatic heterocycles. The van der Waals surface area contributed by atoms with Gasteiger partial charge in [0.1, 0.15) is 9.21 Å². The average molecular weight is 339 g/mol. The van der Waals surface area contributed by atoms with Crippen LogP contribution in [-0.4, -0.2) is 28.6 Å². The Hall–Kier alpha value is -0.680. The molecule has 0 aromatic carbocycles. The molecule has 0 bridgehead atoms. The van der Waals surface area contributed by atoms with E-state index >= 15 is 0 Å². The topological polar surface area (TPSA) is 118 Å². The van der Waals surface area contributed by atoms with Gasteiger partial charge < -0.3 is 5.32 Å². The van der Waals surface area contributed by atoms with Crippen LogP contribution in [0.15, 0.2) is 10.3 Å². The van der Waals surface area contributed by atoms with Gasteiger partial charge in [-0.25, -0.2) is 13.6 Å². The molecule has 2 heterocycles. The summed E-state index contributed by atoms with van der Waals surface area (Å²) in [6.07, 6.45) is 0.467. The van der Waals surface area contributed by atoms with Crippen LogP contribution in [0, 0.1) is 0 Å². The van der Waals surface area contributed by atoms with Crippen molar-refractivity contribution < 1.29 is 16.8 Å². The van der Waals surface area contributed by atoms with Crippen molar-refractivity contribution in [3.05, 3.63) is 11.6 Å². The van der Waals surface area contributed by atoms with Crippen LogP contribution in [0.3, 0.4) is 0 Å². The Morgan fingerprint density at radius 1 is 1.50 bits per heavy atom. The Kier molecular flexibility index (Phi) is 4.13. The van der Waals surface area contributed by atoms with Gasteiger partial charge in [-0.05, 0) is 26.0 Å². The van der Waals surface area contributed by atoms with Gasteiger partial charge in [0.05, 0.1) is 5.25 Å². The lowest BCUT2D eigenvalue weighted by Crippen LogP contribution is -2.33. The molecular formula is C10H17N3O4S3. The van der Waals surface area contributed by atoms with E-state index in [0.717, 1.165) is 11.3 Å². The highest BCUT2D eigenvalue weighted by Gasteiger charge is 2.38. The summed E-state index contributed by atoms with van der Waals surface area (Å²) in [5.74, 6) is 0. The zero-order chi connectivity index (χ0) is 15.1. The zero-order valence-electron chi connectivity index (χ0n) is 11.1. The standard InChI is InChI=1S/C10H17N3O4S3/c1-3-12-8-4-6(2)19(14,15)10-7(8)5-9(18-10)13-20(11,16)17/h5-6,8,12-13H,3-4H2,1-2H3,(H2,11,16,17)/t6-,8-/m0/s1. The molecule has 0 fully saturated rings. The van der Waals surface area contributed by atoms with Gasteiger partial charge in [-0.15, -0.1) is 11.3 Å². The van der Waals surface area contributed by atoms with Crippen LogP contribution in [0.25, 0.3) is 0 Å². The Labute approximate surface area is 122 Å². The number of nitrogens with one attached hydrogen (secondary N) is 2. The summed E-state index contributed by atoms with van der Waals surface area (Å²) < 4.78 is 49.1. The van der Waals surface area contributed by atoms with E-state index in [2.05, 4.69) is 10.0 Å². The van der Waals surface area contributed by atoms with Crippen molar-refractivity contribution >= 4 is 36.4 Å². The first-order valence-electron chi connectivity index (χ1n) is 6.06. The summed E-state index contributed by atoms with van der Waals surface area (Å²) in [5.41, 5.74) is 0.612. The largest absolute Gasteiger partial charge is 0.310 e. The molecule has 4 N–H and O–H groups in total. The predicted molar refractivity (Wildman–Crippen MR) is 78.7 cm³/mol. The van der Waals surface area contributed by atoms with Crippen molar-refractivity contribution in [3.63, 3.8) is 0 Å². The smallest absolute Gasteiger partial charge is 0.297 e. The predicted octanol–water partition coefficient (Wildman–Crippen LogP) is 0.580. The molecule has 2 atom stereocenters. The van der Waals surface area contributed by atoms with Gasteiger partial charge in [0, 0.05) is 11.6 Å². The van der Waals surface area contributed by atoms with Gasteiger partial charge in [-0.1, -0.05) is 6.92 Å². The number of thiophene rings is 1. The molecular weight excluding hydrogens is 322 g/mol. The highest BCUT2D eigenvalue weighted by Crippen LogP contribution is 2.43. The van der Waals surface area contributed by atoms with Crippen LogP contribution in [0.5, 0.6) is 0 Å². The Bertz CT molecular complexity index is 708. The lowest BCUT2D eigenvalue weighted by molar-refractivity contribution is 0.478. The second kappa shape index (κ2) is 5.26. The summed E-state index contributed by atoms with van der Waals surface area (Å²) in [5, 5.41) is 7.86. The molecule has 0 saturated carbocycles. The normalized spacial score (nSPS) is 25.1. The SMILES string of the molecule is CCN[C@H]1C[C@H](C)S(=O)(=O)c2sc(NS(N)(=O)=O)cc21. The van der Waals surface area contributed by atoms with Gasteiger partial charge in [0.2, 0.25) is 0 Å². The molecule has 0 spiro atoms. The van der Waals surface area contributed by atoms with E-state index in [-0.39, 0.29) is 15.3 Å². The summed E-state index contributed by atoms with van der Waals surface area (Å²) in [4.78, 5) is 0. The maximum atomic E-state index is 12.3. The molecule has 0 amide bonds. The van der Waals surface area contributed by atoms with Gasteiger partial charge in [0.25, 0.3) is 10.2 Å². The second-order valence-corrected chi connectivity index (χ2v) is 9.61.